The molecule has 0 unspecified atom stereocenters. The highest BCUT2D eigenvalue weighted by Gasteiger charge is 2.20. The fourth-order valence-electron chi connectivity index (χ4n) is 3.84. The van der Waals surface area contributed by atoms with Crippen LogP contribution >= 0.6 is 0 Å². The Balaban J connectivity index is 1.95. The maximum atomic E-state index is 12.2. The number of rotatable bonds is 12. The van der Waals surface area contributed by atoms with Gasteiger partial charge < -0.3 is 9.52 Å². The first-order valence-corrected chi connectivity index (χ1v) is 11.2. The molecule has 6 nitrogen and oxygen atoms in total. The lowest BCUT2D eigenvalue weighted by atomic mass is 9.95. The lowest BCUT2D eigenvalue weighted by Crippen LogP contribution is -2.04. The van der Waals surface area contributed by atoms with Gasteiger partial charge in [0.2, 0.25) is 5.71 Å². The van der Waals surface area contributed by atoms with Gasteiger partial charge in [0.1, 0.15) is 12.1 Å². The average molecular weight is 435 g/mol. The number of carbonyl (C=O) groups excluding carboxylic acids is 1. The second kappa shape index (κ2) is 11.4. The number of aromatic nitrogens is 2. The highest BCUT2D eigenvalue weighted by molar-refractivity contribution is 6.00. The highest BCUT2D eigenvalue weighted by atomic mass is 16.4. The number of fused-ring (bicyclic) bond motifs is 1. The van der Waals surface area contributed by atoms with E-state index in [1.807, 2.05) is 43.3 Å². The van der Waals surface area contributed by atoms with Crippen molar-refractivity contribution in [3.63, 3.8) is 0 Å². The van der Waals surface area contributed by atoms with E-state index in [0.717, 1.165) is 47.9 Å². The predicted molar refractivity (Wildman–Crippen MR) is 125 cm³/mol. The van der Waals surface area contributed by atoms with E-state index in [1.54, 1.807) is 6.08 Å². The minimum Gasteiger partial charge on any atom is -0.481 e. The predicted octanol–water partition coefficient (Wildman–Crippen LogP) is 6.10. The van der Waals surface area contributed by atoms with Gasteiger partial charge in [0.25, 0.3) is 0 Å². The van der Waals surface area contributed by atoms with Gasteiger partial charge in [-0.15, -0.1) is 0 Å². The van der Waals surface area contributed by atoms with Crippen LogP contribution in [0.1, 0.15) is 63.6 Å². The molecule has 0 aliphatic heterocycles. The minimum atomic E-state index is -0.754. The van der Waals surface area contributed by atoms with Crippen molar-refractivity contribution < 1.29 is 19.1 Å². The molecule has 3 aromatic rings. The molecule has 0 amide bonds. The summed E-state index contributed by atoms with van der Waals surface area (Å²) >= 11 is 0. The third kappa shape index (κ3) is 6.13. The molecule has 0 bridgehead atoms. The molecular weight excluding hydrogens is 404 g/mol. The molecule has 3 rings (SSSR count). The Morgan fingerprint density at radius 3 is 2.62 bits per heavy atom. The minimum absolute atomic E-state index is 0.0751. The number of carbonyl (C=O) groups is 2. The van der Waals surface area contributed by atoms with Crippen molar-refractivity contribution in [1.82, 2.24) is 9.97 Å². The number of allylic oxidation sites excluding steroid dienone is 1. The number of carboxylic acid groups (broad SMARTS) is 1. The van der Waals surface area contributed by atoms with Crippen molar-refractivity contribution in [3.8, 4) is 11.3 Å². The lowest BCUT2D eigenvalue weighted by Gasteiger charge is -2.11. The fourth-order valence-corrected chi connectivity index (χ4v) is 3.84. The molecule has 0 aliphatic rings. The second-order valence-corrected chi connectivity index (χ2v) is 8.21. The first kappa shape index (κ1) is 23.4. The van der Waals surface area contributed by atoms with E-state index in [2.05, 4.69) is 16.9 Å². The van der Waals surface area contributed by atoms with E-state index in [0.29, 0.717) is 30.2 Å². The van der Waals surface area contributed by atoms with Crippen LogP contribution in [0.4, 0.5) is 0 Å². The Bertz CT molecular complexity index is 1090. The topological polar surface area (TPSA) is 93.3 Å². The first-order chi connectivity index (χ1) is 15.5. The molecule has 0 fully saturated rings. The number of furan rings is 1. The van der Waals surface area contributed by atoms with E-state index < -0.39 is 5.97 Å². The van der Waals surface area contributed by atoms with Gasteiger partial charge in [-0.25, -0.2) is 9.97 Å². The van der Waals surface area contributed by atoms with Gasteiger partial charge in [-0.2, -0.15) is 0 Å². The maximum absolute atomic E-state index is 12.2. The summed E-state index contributed by atoms with van der Waals surface area (Å²) in [6.45, 7) is 4.13. The van der Waals surface area contributed by atoms with E-state index in [9.17, 15) is 9.59 Å². The second-order valence-electron chi connectivity index (χ2n) is 8.21. The van der Waals surface area contributed by atoms with E-state index in [4.69, 9.17) is 9.52 Å². The summed E-state index contributed by atoms with van der Waals surface area (Å²) < 4.78 is 6.15. The van der Waals surface area contributed by atoms with Gasteiger partial charge >= 0.3 is 5.97 Å². The van der Waals surface area contributed by atoms with Gasteiger partial charge in [0.15, 0.2) is 5.78 Å². The van der Waals surface area contributed by atoms with Crippen LogP contribution in [0.3, 0.4) is 0 Å². The Hall–Kier alpha value is -3.28. The smallest absolute Gasteiger partial charge is 0.303 e. The molecule has 0 aliphatic carbocycles. The molecule has 1 N–H and O–H groups in total. The van der Waals surface area contributed by atoms with Crippen molar-refractivity contribution >= 4 is 28.9 Å². The summed E-state index contributed by atoms with van der Waals surface area (Å²) in [6, 6.07) is 9.79. The normalized spacial score (nSPS) is 12.4. The molecule has 6 heteroatoms. The zero-order valence-electron chi connectivity index (χ0n) is 18.7. The maximum Gasteiger partial charge on any atom is 0.303 e. The lowest BCUT2D eigenvalue weighted by molar-refractivity contribution is -0.137. The van der Waals surface area contributed by atoms with Crippen LogP contribution in [0.15, 0.2) is 47.2 Å². The Morgan fingerprint density at radius 2 is 1.91 bits per heavy atom. The zero-order valence-corrected chi connectivity index (χ0v) is 18.7. The molecule has 168 valence electrons. The van der Waals surface area contributed by atoms with E-state index >= 15 is 0 Å². The van der Waals surface area contributed by atoms with Crippen molar-refractivity contribution in [1.29, 1.82) is 0 Å². The number of benzene rings is 1. The standard InChI is InChI=1S/C26H30N2O4/c1-3-9-20(29)14-15-21-24-22(16-18(2)10-7-8-13-23(30)31)27-17-28-26(24)32-25(21)19-11-5-4-6-12-19/h4-6,11-12,14-15,17-18H,3,7-10,13,16H2,1-2H3,(H,30,31)/b15-14+/t18-/m1/s1. The Morgan fingerprint density at radius 1 is 1.12 bits per heavy atom. The fraction of sp³-hybridized carbons (Fsp3) is 0.385. The van der Waals surface area contributed by atoms with Crippen molar-refractivity contribution in [3.05, 3.63) is 54.0 Å². The average Bonchev–Trinajstić information content (AvgIpc) is 3.16. The van der Waals surface area contributed by atoms with Crippen LogP contribution in [-0.2, 0) is 16.0 Å². The SMILES string of the molecule is CCCC(=O)/C=C/c1c(-c2ccccc2)oc2ncnc(C[C@H](C)CCCCC(=O)O)c12. The number of hydrogen-bond acceptors (Lipinski definition) is 5. The van der Waals surface area contributed by atoms with Gasteiger partial charge in [-0.3, -0.25) is 9.59 Å². The number of nitrogens with zero attached hydrogens (tertiary/aromatic N) is 2. The van der Waals surface area contributed by atoms with Crippen LogP contribution in [0.25, 0.3) is 28.5 Å². The van der Waals surface area contributed by atoms with Crippen LogP contribution in [0.2, 0.25) is 0 Å². The van der Waals surface area contributed by atoms with Gasteiger partial charge in [-0.05, 0) is 37.3 Å². The van der Waals surface area contributed by atoms with Gasteiger partial charge in [0.05, 0.1) is 11.1 Å². The molecule has 1 aromatic carbocycles. The summed E-state index contributed by atoms with van der Waals surface area (Å²) in [4.78, 5) is 31.8. The summed E-state index contributed by atoms with van der Waals surface area (Å²) in [5.41, 5.74) is 3.13. The molecule has 32 heavy (non-hydrogen) atoms. The summed E-state index contributed by atoms with van der Waals surface area (Å²) in [6.07, 6.45) is 9.65. The van der Waals surface area contributed by atoms with Crippen LogP contribution < -0.4 is 0 Å². The number of carboxylic acids is 1. The van der Waals surface area contributed by atoms with E-state index in [-0.39, 0.29) is 12.2 Å². The van der Waals surface area contributed by atoms with E-state index in [1.165, 1.54) is 6.33 Å². The third-order valence-corrected chi connectivity index (χ3v) is 5.45. The number of ketones is 1. The molecule has 0 saturated heterocycles. The van der Waals surface area contributed by atoms with Crippen LogP contribution in [-0.4, -0.2) is 26.8 Å². The zero-order chi connectivity index (χ0) is 22.9. The van der Waals surface area contributed by atoms with Gasteiger partial charge in [0, 0.05) is 24.0 Å². The number of aliphatic carboxylic acids is 1. The monoisotopic (exact) mass is 434 g/mol. The first-order valence-electron chi connectivity index (χ1n) is 11.2. The van der Waals surface area contributed by atoms with Crippen molar-refractivity contribution in [2.45, 2.75) is 58.8 Å². The largest absolute Gasteiger partial charge is 0.481 e. The molecule has 0 radical (unpaired) electrons. The molecule has 1 atom stereocenters. The number of hydrogen-bond donors (Lipinski definition) is 1. The quantitative estimate of drug-likeness (QED) is 0.274. The van der Waals surface area contributed by atoms with Crippen molar-refractivity contribution in [2.75, 3.05) is 0 Å². The molecule has 0 spiro atoms. The summed E-state index contributed by atoms with van der Waals surface area (Å²) in [5.74, 6) is 0.328. The third-order valence-electron chi connectivity index (χ3n) is 5.45. The highest BCUT2D eigenvalue weighted by Crippen LogP contribution is 2.36. The Kier molecular flexibility index (Phi) is 8.31. The van der Waals surface area contributed by atoms with Gasteiger partial charge in [-0.1, -0.05) is 57.0 Å². The Labute approximate surface area is 188 Å². The summed E-state index contributed by atoms with van der Waals surface area (Å²) in [7, 11) is 0. The summed E-state index contributed by atoms with van der Waals surface area (Å²) in [5, 5.41) is 9.66. The molecule has 0 saturated carbocycles. The molecular formula is C26H30N2O4. The van der Waals surface area contributed by atoms with Crippen molar-refractivity contribution in [2.24, 2.45) is 5.92 Å². The van der Waals surface area contributed by atoms with Crippen LogP contribution in [0, 0.1) is 5.92 Å². The van der Waals surface area contributed by atoms with Crippen LogP contribution in [0.5, 0.6) is 0 Å². The molecule has 2 aromatic heterocycles. The number of unbranched alkanes of at least 4 members (excludes halogenated alkanes) is 1. The molecule has 2 heterocycles.